The molecule has 0 bridgehead atoms. The zero-order valence-corrected chi connectivity index (χ0v) is 29.8. The highest BCUT2D eigenvalue weighted by Gasteiger charge is 2.42. The van der Waals surface area contributed by atoms with Crippen molar-refractivity contribution in [3.63, 3.8) is 0 Å². The quantitative estimate of drug-likeness (QED) is 0.0706. The molecule has 252 valence electrons. The van der Waals surface area contributed by atoms with Crippen molar-refractivity contribution in [1.29, 1.82) is 0 Å². The smallest absolute Gasteiger partial charge is 0.161 e. The number of rotatable bonds is 33. The summed E-state index contributed by atoms with van der Waals surface area (Å²) >= 11 is 0. The Bertz CT molecular complexity index is 534. The normalized spacial score (nSPS) is 19.6. The van der Waals surface area contributed by atoms with E-state index in [-0.39, 0.29) is 11.9 Å². The van der Waals surface area contributed by atoms with Crippen LogP contribution in [0, 0.1) is 5.92 Å². The lowest BCUT2D eigenvalue weighted by molar-refractivity contribution is -0.130. The molecule has 3 atom stereocenters. The van der Waals surface area contributed by atoms with Crippen LogP contribution in [0.3, 0.4) is 0 Å². The van der Waals surface area contributed by atoms with E-state index in [1.807, 2.05) is 0 Å². The van der Waals surface area contributed by atoms with E-state index < -0.39 is 0 Å². The molecule has 0 spiro atoms. The summed E-state index contributed by atoms with van der Waals surface area (Å²) in [7, 11) is 0. The first kappa shape index (κ1) is 39.9. The molecule has 1 rings (SSSR count). The first-order valence-electron chi connectivity index (χ1n) is 20.0. The molecule has 0 saturated carbocycles. The van der Waals surface area contributed by atoms with Gasteiger partial charge in [-0.25, -0.2) is 0 Å². The molecule has 0 aromatic rings. The Morgan fingerprint density at radius 3 is 1.10 bits per heavy atom. The van der Waals surface area contributed by atoms with Gasteiger partial charge >= 0.3 is 0 Å². The Morgan fingerprint density at radius 1 is 0.429 bits per heavy atom. The highest BCUT2D eigenvalue weighted by molar-refractivity contribution is 4.87. The minimum absolute atomic E-state index is 0.00368. The summed E-state index contributed by atoms with van der Waals surface area (Å²) in [6, 6.07) is 0. The summed E-state index contributed by atoms with van der Waals surface area (Å²) in [5, 5.41) is 0. The van der Waals surface area contributed by atoms with Crippen molar-refractivity contribution >= 4 is 0 Å². The number of hydrogen-bond donors (Lipinski definition) is 0. The predicted octanol–water partition coefficient (Wildman–Crippen LogP) is 14.3. The summed E-state index contributed by atoms with van der Waals surface area (Å²) in [6.45, 7) is 10.1. The average molecular weight is 593 g/mol. The van der Waals surface area contributed by atoms with Gasteiger partial charge in [-0.05, 0) is 25.7 Å². The average Bonchev–Trinajstić information content (AvgIpc) is 3.42. The van der Waals surface area contributed by atoms with Crippen LogP contribution in [-0.2, 0) is 9.47 Å². The van der Waals surface area contributed by atoms with E-state index in [1.165, 1.54) is 205 Å². The van der Waals surface area contributed by atoms with Gasteiger partial charge in [-0.3, -0.25) is 0 Å². The first-order chi connectivity index (χ1) is 20.7. The second-order valence-electron chi connectivity index (χ2n) is 14.3. The van der Waals surface area contributed by atoms with Gasteiger partial charge in [0.25, 0.3) is 0 Å². The van der Waals surface area contributed by atoms with Crippen LogP contribution in [0.2, 0.25) is 0 Å². The van der Waals surface area contributed by atoms with Gasteiger partial charge in [-0.1, -0.05) is 207 Å². The summed E-state index contributed by atoms with van der Waals surface area (Å²) in [5.74, 6) is 0.598. The molecule has 0 aliphatic carbocycles. The van der Waals surface area contributed by atoms with Crippen molar-refractivity contribution in [2.24, 2.45) is 5.92 Å². The molecule has 0 aromatic carbocycles. The fourth-order valence-corrected chi connectivity index (χ4v) is 7.12. The third kappa shape index (κ3) is 21.6. The number of unbranched alkanes of at least 4 members (excludes halogenated alkanes) is 24. The van der Waals surface area contributed by atoms with Gasteiger partial charge in [0.05, 0.1) is 12.2 Å². The van der Waals surface area contributed by atoms with Crippen LogP contribution < -0.4 is 0 Å². The highest BCUT2D eigenvalue weighted by Crippen LogP contribution is 2.39. The molecular weight excluding hydrogens is 512 g/mol. The molecule has 2 heteroatoms. The van der Waals surface area contributed by atoms with Crippen LogP contribution in [0.4, 0.5) is 0 Å². The third-order valence-electron chi connectivity index (χ3n) is 10.1. The molecule has 0 aromatic heterocycles. The van der Waals surface area contributed by atoms with Crippen LogP contribution in [0.1, 0.15) is 233 Å². The zero-order valence-electron chi connectivity index (χ0n) is 29.8. The molecule has 0 radical (unpaired) electrons. The summed E-state index contributed by atoms with van der Waals surface area (Å²) < 4.78 is 13.7. The SMILES string of the molecule is CCCCCCCCCCC(CCCCCCCC)C1OCC(CCCCCCCC)(CCCCCCCCCC)O1. The lowest BCUT2D eigenvalue weighted by atomic mass is 9.90. The van der Waals surface area contributed by atoms with Crippen molar-refractivity contribution < 1.29 is 9.47 Å². The maximum Gasteiger partial charge on any atom is 0.161 e. The first-order valence-corrected chi connectivity index (χ1v) is 20.0. The van der Waals surface area contributed by atoms with Crippen molar-refractivity contribution in [3.05, 3.63) is 0 Å². The molecule has 2 nitrogen and oxygen atoms in total. The Kier molecular flexibility index (Phi) is 28.2. The maximum atomic E-state index is 7.09. The Labute approximate surface area is 266 Å². The van der Waals surface area contributed by atoms with Crippen LogP contribution in [-0.4, -0.2) is 18.5 Å². The van der Waals surface area contributed by atoms with Crippen LogP contribution in [0.5, 0.6) is 0 Å². The topological polar surface area (TPSA) is 18.5 Å². The molecule has 0 N–H and O–H groups in total. The van der Waals surface area contributed by atoms with Gasteiger partial charge in [-0.15, -0.1) is 0 Å². The Balaban J connectivity index is 2.61. The molecular formula is C40H80O2. The lowest BCUT2D eigenvalue weighted by Gasteiger charge is -2.30. The van der Waals surface area contributed by atoms with E-state index in [0.717, 1.165) is 6.61 Å². The van der Waals surface area contributed by atoms with Crippen LogP contribution >= 0.6 is 0 Å². The molecule has 1 heterocycles. The minimum Gasteiger partial charge on any atom is -0.349 e. The number of ether oxygens (including phenoxy) is 2. The lowest BCUT2D eigenvalue weighted by Crippen LogP contribution is -2.33. The number of hydrogen-bond acceptors (Lipinski definition) is 2. The van der Waals surface area contributed by atoms with E-state index in [4.69, 9.17) is 9.47 Å². The van der Waals surface area contributed by atoms with E-state index >= 15 is 0 Å². The van der Waals surface area contributed by atoms with Gasteiger partial charge in [0.15, 0.2) is 6.29 Å². The molecule has 42 heavy (non-hydrogen) atoms. The van der Waals surface area contributed by atoms with Crippen molar-refractivity contribution in [2.75, 3.05) is 6.61 Å². The second-order valence-corrected chi connectivity index (χ2v) is 14.3. The van der Waals surface area contributed by atoms with E-state index in [2.05, 4.69) is 27.7 Å². The fourth-order valence-electron chi connectivity index (χ4n) is 7.12. The summed E-state index contributed by atoms with van der Waals surface area (Å²) in [6.07, 6.45) is 44.0. The zero-order chi connectivity index (χ0) is 30.4. The van der Waals surface area contributed by atoms with Crippen molar-refractivity contribution in [1.82, 2.24) is 0 Å². The summed E-state index contributed by atoms with van der Waals surface area (Å²) in [5.41, 5.74) is -0.00368. The van der Waals surface area contributed by atoms with Crippen molar-refractivity contribution in [3.8, 4) is 0 Å². The van der Waals surface area contributed by atoms with Gasteiger partial charge < -0.3 is 9.47 Å². The monoisotopic (exact) mass is 593 g/mol. The van der Waals surface area contributed by atoms with Crippen LogP contribution in [0.25, 0.3) is 0 Å². The maximum absolute atomic E-state index is 7.09. The fraction of sp³-hybridized carbons (Fsp3) is 1.00. The molecule has 1 aliphatic heterocycles. The van der Waals surface area contributed by atoms with Gasteiger partial charge in [-0.2, -0.15) is 0 Å². The molecule has 0 amide bonds. The minimum atomic E-state index is -0.00368. The Morgan fingerprint density at radius 2 is 0.738 bits per heavy atom. The molecule has 1 saturated heterocycles. The summed E-state index contributed by atoms with van der Waals surface area (Å²) in [4.78, 5) is 0. The van der Waals surface area contributed by atoms with Gasteiger partial charge in [0.1, 0.15) is 0 Å². The predicted molar refractivity (Wildman–Crippen MR) is 187 cm³/mol. The molecule has 1 aliphatic rings. The van der Waals surface area contributed by atoms with E-state index in [0.29, 0.717) is 5.92 Å². The van der Waals surface area contributed by atoms with Crippen LogP contribution in [0.15, 0.2) is 0 Å². The third-order valence-corrected chi connectivity index (χ3v) is 10.1. The van der Waals surface area contributed by atoms with E-state index in [1.54, 1.807) is 0 Å². The highest BCUT2D eigenvalue weighted by atomic mass is 16.7. The standard InChI is InChI=1S/C40H80O2/c1-5-9-13-17-21-23-26-30-34-38(33-29-25-19-15-11-7-3)39-41-37-40(42-39,35-31-27-20-16-12-8-4)36-32-28-24-22-18-14-10-6-2/h38-39H,5-37H2,1-4H3. The van der Waals surface area contributed by atoms with E-state index in [9.17, 15) is 0 Å². The second kappa shape index (κ2) is 29.6. The van der Waals surface area contributed by atoms with Gasteiger partial charge in [0, 0.05) is 5.92 Å². The van der Waals surface area contributed by atoms with Gasteiger partial charge in [0.2, 0.25) is 0 Å². The molecule has 1 fully saturated rings. The Hall–Kier alpha value is -0.0800. The molecule has 3 unspecified atom stereocenters. The largest absolute Gasteiger partial charge is 0.349 e. The van der Waals surface area contributed by atoms with Crippen molar-refractivity contribution in [2.45, 2.75) is 245 Å².